The number of aliphatic carboxylic acids is 1. The van der Waals surface area contributed by atoms with E-state index >= 15 is 0 Å². The molecule has 2 fully saturated rings. The number of hydrogen-bond acceptors (Lipinski definition) is 10. The van der Waals surface area contributed by atoms with Crippen LogP contribution in [0.3, 0.4) is 0 Å². The summed E-state index contributed by atoms with van der Waals surface area (Å²) in [5.41, 5.74) is -1.21. The molecule has 2 radical (unpaired) electrons. The molecule has 3 rings (SSSR count). The minimum Gasteiger partial charge on any atom is -0.479 e. The van der Waals surface area contributed by atoms with Crippen LogP contribution in [-0.2, 0) is 33.3 Å². The van der Waals surface area contributed by atoms with Crippen LogP contribution in [0.1, 0.15) is 19.4 Å². The molecular formula is C24H31BO11. The Hall–Kier alpha value is -2.32. The number of aliphatic hydroxyl groups excluding tert-OH is 3. The predicted molar refractivity (Wildman–Crippen MR) is 125 cm³/mol. The van der Waals surface area contributed by atoms with E-state index in [1.807, 2.05) is 6.07 Å². The number of ether oxygens (including phenoxy) is 5. The average Bonchev–Trinajstić information content (AvgIpc) is 2.86. The summed E-state index contributed by atoms with van der Waals surface area (Å²) < 4.78 is 27.6. The highest BCUT2D eigenvalue weighted by Gasteiger charge is 2.57. The molecule has 12 heteroatoms. The van der Waals surface area contributed by atoms with Crippen LogP contribution in [0.2, 0.25) is 0 Å². The van der Waals surface area contributed by atoms with Crippen molar-refractivity contribution in [3.63, 3.8) is 0 Å². The van der Waals surface area contributed by atoms with Crippen molar-refractivity contribution >= 4 is 25.9 Å². The number of methoxy groups -OCH3 is 1. The maximum atomic E-state index is 12.6. The fraction of sp³-hybridized carbons (Fsp3) is 0.583. The average molecular weight is 506 g/mol. The molecule has 196 valence electrons. The molecular weight excluding hydrogens is 475 g/mol. The van der Waals surface area contributed by atoms with Gasteiger partial charge in [0.15, 0.2) is 18.5 Å². The fourth-order valence-electron chi connectivity index (χ4n) is 4.33. The lowest BCUT2D eigenvalue weighted by Gasteiger charge is -2.53. The highest BCUT2D eigenvalue weighted by molar-refractivity contribution is 6.15. The number of carbonyl (C=O) groups excluding carboxylic acids is 1. The summed E-state index contributed by atoms with van der Waals surface area (Å²) in [5.74, 6) is -3.03. The smallest absolute Gasteiger partial charge is 0.335 e. The van der Waals surface area contributed by atoms with Crippen molar-refractivity contribution in [2.45, 2.75) is 68.4 Å². The lowest BCUT2D eigenvalue weighted by molar-refractivity contribution is -0.342. The molecule has 2 heterocycles. The van der Waals surface area contributed by atoms with E-state index in [4.69, 9.17) is 31.5 Å². The second kappa shape index (κ2) is 11.8. The molecule has 11 nitrogen and oxygen atoms in total. The molecule has 2 aliphatic heterocycles. The van der Waals surface area contributed by atoms with E-state index in [0.29, 0.717) is 5.56 Å². The molecule has 0 amide bonds. The summed E-state index contributed by atoms with van der Waals surface area (Å²) in [7, 11) is 7.61. The minimum absolute atomic E-state index is 0.569. The summed E-state index contributed by atoms with van der Waals surface area (Å²) in [6.07, 6.45) is -8.73. The Labute approximate surface area is 210 Å². The SMILES string of the molecule is [B][C@@]1(O[C@@H]2OC(C(=O)O)C(OC)[C@H](O)C2OC(=O)C=Cc2ccccc2)C(O)C(CO)O[C@@H](C)C1C. The van der Waals surface area contributed by atoms with Crippen molar-refractivity contribution in [3.05, 3.63) is 42.0 Å². The highest BCUT2D eigenvalue weighted by Crippen LogP contribution is 2.39. The Bertz CT molecular complexity index is 928. The first kappa shape index (κ1) is 28.3. The first-order valence-electron chi connectivity index (χ1n) is 11.5. The number of carbonyl (C=O) groups is 2. The Kier molecular flexibility index (Phi) is 9.28. The first-order valence-corrected chi connectivity index (χ1v) is 11.5. The van der Waals surface area contributed by atoms with Crippen LogP contribution >= 0.6 is 0 Å². The van der Waals surface area contributed by atoms with Crippen LogP contribution in [0.5, 0.6) is 0 Å². The van der Waals surface area contributed by atoms with E-state index in [0.717, 1.165) is 6.08 Å². The molecule has 0 aromatic heterocycles. The number of rotatable bonds is 8. The van der Waals surface area contributed by atoms with E-state index in [1.54, 1.807) is 38.1 Å². The third kappa shape index (κ3) is 5.81. The van der Waals surface area contributed by atoms with Gasteiger partial charge in [-0.2, -0.15) is 0 Å². The molecule has 1 aromatic carbocycles. The quantitative estimate of drug-likeness (QED) is 0.204. The lowest BCUT2D eigenvalue weighted by atomic mass is 9.63. The molecule has 2 aliphatic rings. The zero-order valence-electron chi connectivity index (χ0n) is 20.2. The van der Waals surface area contributed by atoms with Crippen LogP contribution < -0.4 is 0 Å². The summed E-state index contributed by atoms with van der Waals surface area (Å²) >= 11 is 0. The van der Waals surface area contributed by atoms with Gasteiger partial charge in [0.05, 0.1) is 18.2 Å². The van der Waals surface area contributed by atoms with Gasteiger partial charge in [-0.1, -0.05) is 37.3 Å². The van der Waals surface area contributed by atoms with Gasteiger partial charge < -0.3 is 44.1 Å². The van der Waals surface area contributed by atoms with Crippen molar-refractivity contribution in [1.82, 2.24) is 0 Å². The van der Waals surface area contributed by atoms with Crippen molar-refractivity contribution in [3.8, 4) is 0 Å². The van der Waals surface area contributed by atoms with E-state index < -0.39 is 79.0 Å². The van der Waals surface area contributed by atoms with E-state index in [1.165, 1.54) is 13.2 Å². The molecule has 0 aliphatic carbocycles. The molecule has 6 unspecified atom stereocenters. The minimum atomic E-state index is -1.93. The van der Waals surface area contributed by atoms with Gasteiger partial charge in [0.25, 0.3) is 0 Å². The van der Waals surface area contributed by atoms with Crippen LogP contribution in [0.4, 0.5) is 0 Å². The Morgan fingerprint density at radius 1 is 1.14 bits per heavy atom. The summed E-state index contributed by atoms with van der Waals surface area (Å²) in [6.45, 7) is 2.71. The van der Waals surface area contributed by atoms with Gasteiger partial charge in [0.1, 0.15) is 32.3 Å². The van der Waals surface area contributed by atoms with Crippen molar-refractivity contribution < 1.29 is 53.7 Å². The second-order valence-corrected chi connectivity index (χ2v) is 8.87. The number of aliphatic hydroxyl groups is 3. The predicted octanol–water partition coefficient (Wildman–Crippen LogP) is -0.545. The normalized spacial score (nSPS) is 39.1. The Morgan fingerprint density at radius 2 is 1.81 bits per heavy atom. The maximum absolute atomic E-state index is 12.6. The third-order valence-corrected chi connectivity index (χ3v) is 6.62. The van der Waals surface area contributed by atoms with Crippen molar-refractivity contribution in [2.24, 2.45) is 5.92 Å². The lowest BCUT2D eigenvalue weighted by Crippen LogP contribution is -2.69. The molecule has 36 heavy (non-hydrogen) atoms. The topological polar surface area (TPSA) is 161 Å². The van der Waals surface area contributed by atoms with E-state index in [-0.39, 0.29) is 0 Å². The van der Waals surface area contributed by atoms with Crippen molar-refractivity contribution in [1.29, 1.82) is 0 Å². The number of carboxylic acids is 1. The summed E-state index contributed by atoms with van der Waals surface area (Å²) in [5, 5.41) is 41.0. The Morgan fingerprint density at radius 3 is 2.39 bits per heavy atom. The zero-order chi connectivity index (χ0) is 26.6. The molecule has 4 N–H and O–H groups in total. The van der Waals surface area contributed by atoms with E-state index in [9.17, 15) is 30.0 Å². The highest BCUT2D eigenvalue weighted by atomic mass is 16.7. The Balaban J connectivity index is 1.90. The standard InChI is InChI=1S/C24H31BO11/c1-12-13(2)33-15(11-26)21(29)24(12,25)36-23-19(17(28)18(32-3)20(35-23)22(30)31)34-16(27)10-9-14-7-5-4-6-8-14/h4-10,12-13,15,17-21,23,26,28-29H,11H2,1-3H3,(H,30,31)/t12?,13-,15?,17-,18?,19?,20?,21?,23-,24-/m0/s1. The number of carboxylic acid groups (broad SMARTS) is 1. The number of hydrogen-bond donors (Lipinski definition) is 4. The molecule has 2 saturated heterocycles. The number of benzene rings is 1. The van der Waals surface area contributed by atoms with E-state index in [2.05, 4.69) is 0 Å². The van der Waals surface area contributed by atoms with Crippen molar-refractivity contribution in [2.75, 3.05) is 13.7 Å². The summed E-state index contributed by atoms with van der Waals surface area (Å²) in [6, 6.07) is 8.90. The molecule has 1 aromatic rings. The zero-order valence-corrected chi connectivity index (χ0v) is 20.2. The van der Waals surface area contributed by atoms with Gasteiger partial charge in [0.2, 0.25) is 0 Å². The van der Waals surface area contributed by atoms with Crippen LogP contribution in [0, 0.1) is 5.92 Å². The van der Waals surface area contributed by atoms with Gasteiger partial charge in [-0.15, -0.1) is 0 Å². The van der Waals surface area contributed by atoms with Gasteiger partial charge in [-0.25, -0.2) is 9.59 Å². The van der Waals surface area contributed by atoms with Crippen LogP contribution in [0.25, 0.3) is 6.08 Å². The molecule has 0 bridgehead atoms. The van der Waals surface area contributed by atoms with Gasteiger partial charge in [-0.05, 0) is 18.6 Å². The molecule has 0 saturated carbocycles. The molecule has 10 atom stereocenters. The monoisotopic (exact) mass is 506 g/mol. The first-order chi connectivity index (χ1) is 17.0. The van der Waals surface area contributed by atoms with Crippen LogP contribution in [-0.4, -0.2) is 108 Å². The van der Waals surface area contributed by atoms with Crippen LogP contribution in [0.15, 0.2) is 36.4 Å². The molecule has 0 spiro atoms. The van der Waals surface area contributed by atoms with Gasteiger partial charge in [-0.3, -0.25) is 0 Å². The van der Waals surface area contributed by atoms with Gasteiger partial charge >= 0.3 is 11.9 Å². The van der Waals surface area contributed by atoms with Gasteiger partial charge in [0, 0.05) is 19.1 Å². The fourth-order valence-corrected chi connectivity index (χ4v) is 4.33. The summed E-state index contributed by atoms with van der Waals surface area (Å²) in [4.78, 5) is 24.4. The number of esters is 1. The maximum Gasteiger partial charge on any atom is 0.335 e. The third-order valence-electron chi connectivity index (χ3n) is 6.62. The largest absolute Gasteiger partial charge is 0.479 e. The second-order valence-electron chi connectivity index (χ2n) is 8.87.